The molecule has 5 nitrogen and oxygen atoms in total. The van der Waals surface area contributed by atoms with Crippen molar-refractivity contribution in [3.05, 3.63) is 70.0 Å². The normalized spacial score (nSPS) is 17.8. The molecule has 2 aromatic rings. The van der Waals surface area contributed by atoms with Crippen molar-refractivity contribution < 1.29 is 14.1 Å². The summed E-state index contributed by atoms with van der Waals surface area (Å²) in [5.41, 5.74) is 0.793. The molecule has 3 rings (SSSR count). The number of hydrogen-bond donors (Lipinski definition) is 0. The van der Waals surface area contributed by atoms with Crippen LogP contribution in [0, 0.1) is 15.9 Å². The largest absolute Gasteiger partial charge is 0.295 e. The fraction of sp³-hybridized carbons (Fsp3) is 0.133. The second-order valence-electron chi connectivity index (χ2n) is 4.72. The summed E-state index contributed by atoms with van der Waals surface area (Å²) in [6.45, 7) is 0. The van der Waals surface area contributed by atoms with Gasteiger partial charge in [-0.2, -0.15) is 0 Å². The summed E-state index contributed by atoms with van der Waals surface area (Å²) >= 11 is 1.29. The van der Waals surface area contributed by atoms with E-state index in [0.29, 0.717) is 11.3 Å². The van der Waals surface area contributed by atoms with Gasteiger partial charge in [-0.25, -0.2) is 4.39 Å². The molecule has 0 unspecified atom stereocenters. The first kappa shape index (κ1) is 14.5. The van der Waals surface area contributed by atoms with Crippen LogP contribution >= 0.6 is 11.8 Å². The highest BCUT2D eigenvalue weighted by molar-refractivity contribution is 8.00. The van der Waals surface area contributed by atoms with Crippen molar-refractivity contribution in [1.82, 2.24) is 0 Å². The standard InChI is InChI=1S/C15H11FN2O3S/c16-10-4-3-5-11(8-10)17-14(19)9-22-15(17)12-6-1-2-7-13(12)18(20)21/h1-8,15H,9H2/t15-/m0/s1. The van der Waals surface area contributed by atoms with Crippen LogP contribution in [0.5, 0.6) is 0 Å². The van der Waals surface area contributed by atoms with E-state index in [-0.39, 0.29) is 17.3 Å². The Morgan fingerprint density at radius 1 is 1.23 bits per heavy atom. The van der Waals surface area contributed by atoms with Crippen LogP contribution in [0.4, 0.5) is 15.8 Å². The lowest BCUT2D eigenvalue weighted by atomic mass is 10.1. The van der Waals surface area contributed by atoms with Gasteiger partial charge < -0.3 is 0 Å². The molecular formula is C15H11FN2O3S. The molecule has 0 saturated carbocycles. The summed E-state index contributed by atoms with van der Waals surface area (Å²) in [5, 5.41) is 10.7. The predicted octanol–water partition coefficient (Wildman–Crippen LogP) is 3.51. The van der Waals surface area contributed by atoms with E-state index in [1.165, 1.54) is 40.9 Å². The van der Waals surface area contributed by atoms with E-state index in [1.54, 1.807) is 24.3 Å². The lowest BCUT2D eigenvalue weighted by molar-refractivity contribution is -0.385. The van der Waals surface area contributed by atoms with Gasteiger partial charge in [0.15, 0.2) is 0 Å². The van der Waals surface area contributed by atoms with Crippen LogP contribution in [0.3, 0.4) is 0 Å². The molecule has 0 bridgehead atoms. The molecule has 112 valence electrons. The third-order valence-electron chi connectivity index (χ3n) is 3.35. The van der Waals surface area contributed by atoms with Crippen LogP contribution in [0.1, 0.15) is 10.9 Å². The average Bonchev–Trinajstić information content (AvgIpc) is 2.89. The number of nitro benzene ring substituents is 1. The van der Waals surface area contributed by atoms with Crippen molar-refractivity contribution in [2.75, 3.05) is 10.7 Å². The second-order valence-corrected chi connectivity index (χ2v) is 5.79. The number of halogens is 1. The molecule has 1 amide bonds. The van der Waals surface area contributed by atoms with Gasteiger partial charge >= 0.3 is 0 Å². The number of benzene rings is 2. The third-order valence-corrected chi connectivity index (χ3v) is 4.55. The van der Waals surface area contributed by atoms with E-state index in [2.05, 4.69) is 0 Å². The van der Waals surface area contributed by atoms with Gasteiger partial charge in [0.05, 0.1) is 16.2 Å². The molecule has 1 heterocycles. The molecule has 0 spiro atoms. The Morgan fingerprint density at radius 2 is 2.00 bits per heavy atom. The Hall–Kier alpha value is -2.41. The molecule has 1 atom stereocenters. The molecule has 2 aromatic carbocycles. The Bertz CT molecular complexity index is 753. The first-order valence-corrected chi connectivity index (χ1v) is 7.55. The van der Waals surface area contributed by atoms with Gasteiger partial charge in [-0.1, -0.05) is 18.2 Å². The van der Waals surface area contributed by atoms with Gasteiger partial charge in [-0.15, -0.1) is 11.8 Å². The Balaban J connectivity index is 2.07. The number of para-hydroxylation sites is 1. The molecule has 0 N–H and O–H groups in total. The van der Waals surface area contributed by atoms with Crippen molar-refractivity contribution in [2.24, 2.45) is 0 Å². The highest BCUT2D eigenvalue weighted by Gasteiger charge is 2.37. The average molecular weight is 318 g/mol. The van der Waals surface area contributed by atoms with Crippen LogP contribution in [0.2, 0.25) is 0 Å². The fourth-order valence-electron chi connectivity index (χ4n) is 2.42. The molecule has 1 fully saturated rings. The van der Waals surface area contributed by atoms with Crippen LogP contribution in [-0.2, 0) is 4.79 Å². The third kappa shape index (κ3) is 2.55. The summed E-state index contributed by atoms with van der Waals surface area (Å²) in [6, 6.07) is 12.0. The van der Waals surface area contributed by atoms with Crippen molar-refractivity contribution in [3.63, 3.8) is 0 Å². The molecule has 1 aliphatic heterocycles. The molecule has 22 heavy (non-hydrogen) atoms. The Labute approximate surface area is 129 Å². The van der Waals surface area contributed by atoms with Crippen LogP contribution < -0.4 is 4.90 Å². The summed E-state index contributed by atoms with van der Waals surface area (Å²) in [4.78, 5) is 24.3. The minimum absolute atomic E-state index is 0.0453. The molecule has 1 saturated heterocycles. The van der Waals surface area contributed by atoms with Crippen LogP contribution in [0.15, 0.2) is 48.5 Å². The van der Waals surface area contributed by atoms with E-state index in [1.807, 2.05) is 0 Å². The molecule has 0 radical (unpaired) electrons. The molecule has 0 aromatic heterocycles. The zero-order valence-electron chi connectivity index (χ0n) is 11.3. The topological polar surface area (TPSA) is 63.4 Å². The number of hydrogen-bond acceptors (Lipinski definition) is 4. The number of nitro groups is 1. The van der Waals surface area contributed by atoms with Gasteiger partial charge in [0.2, 0.25) is 5.91 Å². The lowest BCUT2D eigenvalue weighted by Gasteiger charge is -2.24. The van der Waals surface area contributed by atoms with E-state index in [4.69, 9.17) is 0 Å². The van der Waals surface area contributed by atoms with E-state index < -0.39 is 16.1 Å². The monoisotopic (exact) mass is 318 g/mol. The van der Waals surface area contributed by atoms with Gasteiger partial charge in [-0.3, -0.25) is 19.8 Å². The van der Waals surface area contributed by atoms with Crippen molar-refractivity contribution >= 4 is 29.0 Å². The number of anilines is 1. The number of amides is 1. The van der Waals surface area contributed by atoms with Gasteiger partial charge in [0.1, 0.15) is 11.2 Å². The minimum Gasteiger partial charge on any atom is -0.295 e. The molecule has 7 heteroatoms. The zero-order chi connectivity index (χ0) is 15.7. The second kappa shape index (κ2) is 5.76. The summed E-state index contributed by atoms with van der Waals surface area (Å²) in [6.07, 6.45) is 0. The summed E-state index contributed by atoms with van der Waals surface area (Å²) in [7, 11) is 0. The van der Waals surface area contributed by atoms with Gasteiger partial charge in [-0.05, 0) is 24.3 Å². The molecule has 0 aliphatic carbocycles. The summed E-state index contributed by atoms with van der Waals surface area (Å²) in [5.74, 6) is -0.449. The van der Waals surface area contributed by atoms with E-state index in [9.17, 15) is 19.3 Å². The fourth-order valence-corrected chi connectivity index (χ4v) is 3.63. The number of carbonyl (C=O) groups is 1. The van der Waals surface area contributed by atoms with E-state index in [0.717, 1.165) is 0 Å². The first-order valence-electron chi connectivity index (χ1n) is 6.50. The predicted molar refractivity (Wildman–Crippen MR) is 82.2 cm³/mol. The maximum Gasteiger partial charge on any atom is 0.275 e. The maximum absolute atomic E-state index is 13.4. The van der Waals surface area contributed by atoms with Crippen molar-refractivity contribution in [2.45, 2.75) is 5.37 Å². The van der Waals surface area contributed by atoms with Gasteiger partial charge in [0.25, 0.3) is 5.69 Å². The Morgan fingerprint density at radius 3 is 2.73 bits per heavy atom. The smallest absolute Gasteiger partial charge is 0.275 e. The SMILES string of the molecule is O=C1CS[C@@H](c2ccccc2[N+](=O)[O-])N1c1cccc(F)c1. The van der Waals surface area contributed by atoms with Crippen LogP contribution in [-0.4, -0.2) is 16.6 Å². The quantitative estimate of drug-likeness (QED) is 0.642. The van der Waals surface area contributed by atoms with Crippen LogP contribution in [0.25, 0.3) is 0 Å². The zero-order valence-corrected chi connectivity index (χ0v) is 12.1. The lowest BCUT2D eigenvalue weighted by Crippen LogP contribution is -2.28. The number of rotatable bonds is 3. The maximum atomic E-state index is 13.4. The van der Waals surface area contributed by atoms with Gasteiger partial charge in [0, 0.05) is 11.8 Å². The Kier molecular flexibility index (Phi) is 3.81. The molecule has 1 aliphatic rings. The van der Waals surface area contributed by atoms with Crippen molar-refractivity contribution in [1.29, 1.82) is 0 Å². The number of thioether (sulfide) groups is 1. The molecular weight excluding hydrogens is 307 g/mol. The van der Waals surface area contributed by atoms with E-state index >= 15 is 0 Å². The number of carbonyl (C=O) groups excluding carboxylic acids is 1. The van der Waals surface area contributed by atoms with Crippen molar-refractivity contribution in [3.8, 4) is 0 Å². The summed E-state index contributed by atoms with van der Waals surface area (Å²) < 4.78 is 13.4. The highest BCUT2D eigenvalue weighted by atomic mass is 32.2. The minimum atomic E-state index is -0.532. The first-order chi connectivity index (χ1) is 10.6. The number of nitrogens with zero attached hydrogens (tertiary/aromatic N) is 2. The highest BCUT2D eigenvalue weighted by Crippen LogP contribution is 2.44.